The van der Waals surface area contributed by atoms with Crippen molar-refractivity contribution >= 4 is 11.9 Å². The number of aryl methyl sites for hydroxylation is 1. The van der Waals surface area contributed by atoms with E-state index in [0.29, 0.717) is 12.0 Å². The zero-order valence-electron chi connectivity index (χ0n) is 11.4. The SMILES string of the molecule is O=C(CCCc1ccncc1)NCc1ccoc1C(=O)O. The number of carboxylic acid groups (broad SMARTS) is 1. The van der Waals surface area contributed by atoms with E-state index in [0.717, 1.165) is 18.4 Å². The first-order valence-corrected chi connectivity index (χ1v) is 6.62. The number of hydrogen-bond donors (Lipinski definition) is 2. The molecule has 0 unspecified atom stereocenters. The van der Waals surface area contributed by atoms with Crippen molar-refractivity contribution < 1.29 is 19.1 Å². The zero-order valence-corrected chi connectivity index (χ0v) is 11.4. The third-order valence-electron chi connectivity index (χ3n) is 3.04. The number of aromatic carboxylic acids is 1. The van der Waals surface area contributed by atoms with Crippen LogP contribution in [0.15, 0.2) is 41.3 Å². The van der Waals surface area contributed by atoms with Gasteiger partial charge in [0.15, 0.2) is 0 Å². The first kappa shape index (κ1) is 14.8. The number of carbonyl (C=O) groups excluding carboxylic acids is 1. The Kier molecular flexibility index (Phi) is 5.09. The maximum atomic E-state index is 11.7. The van der Waals surface area contributed by atoms with Gasteiger partial charge < -0.3 is 14.8 Å². The zero-order chi connectivity index (χ0) is 15.1. The van der Waals surface area contributed by atoms with Crippen molar-refractivity contribution in [1.29, 1.82) is 0 Å². The lowest BCUT2D eigenvalue weighted by molar-refractivity contribution is -0.121. The molecule has 0 radical (unpaired) electrons. The number of hydrogen-bond acceptors (Lipinski definition) is 4. The molecule has 0 aliphatic heterocycles. The van der Waals surface area contributed by atoms with Crippen molar-refractivity contribution in [2.75, 3.05) is 0 Å². The Morgan fingerprint density at radius 2 is 2.00 bits per heavy atom. The van der Waals surface area contributed by atoms with Crippen molar-refractivity contribution in [3.8, 4) is 0 Å². The van der Waals surface area contributed by atoms with Gasteiger partial charge >= 0.3 is 5.97 Å². The van der Waals surface area contributed by atoms with E-state index in [1.165, 1.54) is 6.26 Å². The van der Waals surface area contributed by atoms with Gasteiger partial charge in [-0.2, -0.15) is 0 Å². The molecule has 0 saturated carbocycles. The molecule has 2 heterocycles. The van der Waals surface area contributed by atoms with E-state index in [2.05, 4.69) is 10.3 Å². The largest absolute Gasteiger partial charge is 0.475 e. The minimum Gasteiger partial charge on any atom is -0.475 e. The van der Waals surface area contributed by atoms with Gasteiger partial charge in [0, 0.05) is 30.9 Å². The van der Waals surface area contributed by atoms with E-state index in [9.17, 15) is 9.59 Å². The summed E-state index contributed by atoms with van der Waals surface area (Å²) in [6, 6.07) is 5.38. The molecule has 6 heteroatoms. The summed E-state index contributed by atoms with van der Waals surface area (Å²) < 4.78 is 4.84. The Morgan fingerprint density at radius 3 is 2.71 bits per heavy atom. The number of nitrogens with zero attached hydrogens (tertiary/aromatic N) is 1. The molecule has 0 atom stereocenters. The minimum absolute atomic E-state index is 0.110. The van der Waals surface area contributed by atoms with Crippen molar-refractivity contribution in [3.63, 3.8) is 0 Å². The van der Waals surface area contributed by atoms with Gasteiger partial charge in [-0.3, -0.25) is 9.78 Å². The van der Waals surface area contributed by atoms with Crippen LogP contribution in [0.3, 0.4) is 0 Å². The van der Waals surface area contributed by atoms with E-state index in [-0.39, 0.29) is 18.2 Å². The average molecular weight is 288 g/mol. The summed E-state index contributed by atoms with van der Waals surface area (Å²) in [6.45, 7) is 0.159. The molecule has 2 aromatic heterocycles. The third kappa shape index (κ3) is 4.45. The average Bonchev–Trinajstić information content (AvgIpc) is 2.95. The molecule has 0 aliphatic rings. The van der Waals surface area contributed by atoms with Crippen LogP contribution in [-0.2, 0) is 17.8 Å². The van der Waals surface area contributed by atoms with Crippen molar-refractivity contribution in [2.45, 2.75) is 25.8 Å². The highest BCUT2D eigenvalue weighted by Gasteiger charge is 2.14. The quantitative estimate of drug-likeness (QED) is 0.813. The Labute approximate surface area is 121 Å². The second kappa shape index (κ2) is 7.23. The smallest absolute Gasteiger partial charge is 0.372 e. The first-order valence-electron chi connectivity index (χ1n) is 6.62. The van der Waals surface area contributed by atoms with Gasteiger partial charge in [0.2, 0.25) is 11.7 Å². The summed E-state index contributed by atoms with van der Waals surface area (Å²) in [5, 5.41) is 11.6. The lowest BCUT2D eigenvalue weighted by Gasteiger charge is -2.04. The molecule has 6 nitrogen and oxygen atoms in total. The van der Waals surface area contributed by atoms with Crippen LogP contribution in [0.1, 0.15) is 34.5 Å². The van der Waals surface area contributed by atoms with Gasteiger partial charge in [0.05, 0.1) is 6.26 Å². The molecular weight excluding hydrogens is 272 g/mol. The van der Waals surface area contributed by atoms with Crippen LogP contribution < -0.4 is 5.32 Å². The number of furan rings is 1. The fourth-order valence-electron chi connectivity index (χ4n) is 1.95. The van der Waals surface area contributed by atoms with Crippen LogP contribution in [0.25, 0.3) is 0 Å². The number of amides is 1. The summed E-state index contributed by atoms with van der Waals surface area (Å²) in [5.41, 5.74) is 1.60. The predicted molar refractivity (Wildman–Crippen MR) is 74.7 cm³/mol. The summed E-state index contributed by atoms with van der Waals surface area (Å²) in [6.07, 6.45) is 6.68. The third-order valence-corrected chi connectivity index (χ3v) is 3.04. The highest BCUT2D eigenvalue weighted by molar-refractivity contribution is 5.86. The van der Waals surface area contributed by atoms with E-state index < -0.39 is 5.97 Å². The second-order valence-electron chi connectivity index (χ2n) is 4.57. The molecule has 21 heavy (non-hydrogen) atoms. The lowest BCUT2D eigenvalue weighted by Crippen LogP contribution is -2.23. The van der Waals surface area contributed by atoms with Gasteiger partial charge in [0.25, 0.3) is 0 Å². The van der Waals surface area contributed by atoms with E-state index in [1.807, 2.05) is 12.1 Å². The molecular formula is C15H16N2O4. The Bertz CT molecular complexity index is 607. The first-order chi connectivity index (χ1) is 10.2. The second-order valence-corrected chi connectivity index (χ2v) is 4.57. The number of carbonyl (C=O) groups is 2. The Balaban J connectivity index is 1.72. The van der Waals surface area contributed by atoms with Gasteiger partial charge in [-0.15, -0.1) is 0 Å². The number of rotatable bonds is 7. The number of pyridine rings is 1. The topological polar surface area (TPSA) is 92.4 Å². The van der Waals surface area contributed by atoms with Gasteiger partial charge in [0.1, 0.15) is 0 Å². The Morgan fingerprint density at radius 1 is 1.24 bits per heavy atom. The maximum Gasteiger partial charge on any atom is 0.372 e. The number of carboxylic acids is 1. The van der Waals surface area contributed by atoms with Crippen LogP contribution in [-0.4, -0.2) is 22.0 Å². The van der Waals surface area contributed by atoms with Crippen LogP contribution >= 0.6 is 0 Å². The van der Waals surface area contributed by atoms with Crippen LogP contribution in [0.5, 0.6) is 0 Å². The molecule has 110 valence electrons. The van der Waals surface area contributed by atoms with Crippen LogP contribution in [0, 0.1) is 0 Å². The van der Waals surface area contributed by atoms with E-state index in [4.69, 9.17) is 9.52 Å². The van der Waals surface area contributed by atoms with Gasteiger partial charge in [-0.05, 0) is 36.6 Å². The summed E-state index contributed by atoms with van der Waals surface area (Å²) in [7, 11) is 0. The molecule has 0 spiro atoms. The number of aromatic nitrogens is 1. The molecule has 0 saturated heterocycles. The monoisotopic (exact) mass is 288 g/mol. The molecule has 0 bridgehead atoms. The molecule has 1 amide bonds. The normalized spacial score (nSPS) is 10.3. The summed E-state index contributed by atoms with van der Waals surface area (Å²) in [4.78, 5) is 26.5. The molecule has 0 aliphatic carbocycles. The fraction of sp³-hybridized carbons (Fsp3) is 0.267. The van der Waals surface area contributed by atoms with Crippen molar-refractivity contribution in [2.24, 2.45) is 0 Å². The fourth-order valence-corrected chi connectivity index (χ4v) is 1.95. The van der Waals surface area contributed by atoms with Crippen LogP contribution in [0.4, 0.5) is 0 Å². The van der Waals surface area contributed by atoms with Crippen LogP contribution in [0.2, 0.25) is 0 Å². The van der Waals surface area contributed by atoms with Gasteiger partial charge in [-0.25, -0.2) is 4.79 Å². The standard InChI is InChI=1S/C15H16N2O4/c18-13(3-1-2-11-4-7-16-8-5-11)17-10-12-6-9-21-14(12)15(19)20/h4-9H,1-3,10H2,(H,17,18)(H,19,20). The molecule has 2 rings (SSSR count). The molecule has 2 aromatic rings. The summed E-state index contributed by atoms with van der Waals surface area (Å²) in [5.74, 6) is -1.38. The van der Waals surface area contributed by atoms with E-state index >= 15 is 0 Å². The van der Waals surface area contributed by atoms with Crippen molar-refractivity contribution in [3.05, 3.63) is 53.7 Å². The number of nitrogens with one attached hydrogen (secondary N) is 1. The van der Waals surface area contributed by atoms with E-state index in [1.54, 1.807) is 18.5 Å². The molecule has 0 fully saturated rings. The molecule has 2 N–H and O–H groups in total. The van der Waals surface area contributed by atoms with Crippen molar-refractivity contribution in [1.82, 2.24) is 10.3 Å². The highest BCUT2D eigenvalue weighted by atomic mass is 16.4. The van der Waals surface area contributed by atoms with Gasteiger partial charge in [-0.1, -0.05) is 0 Å². The minimum atomic E-state index is -1.14. The Hall–Kier alpha value is -2.63. The predicted octanol–water partition coefficient (Wildman–Crippen LogP) is 2.01. The highest BCUT2D eigenvalue weighted by Crippen LogP contribution is 2.10. The maximum absolute atomic E-state index is 11.7. The lowest BCUT2D eigenvalue weighted by atomic mass is 10.1. The summed E-state index contributed by atoms with van der Waals surface area (Å²) >= 11 is 0. The molecule has 0 aromatic carbocycles.